The van der Waals surface area contributed by atoms with Crippen molar-refractivity contribution in [3.63, 3.8) is 0 Å². The summed E-state index contributed by atoms with van der Waals surface area (Å²) < 4.78 is 22.7. The molecule has 0 radical (unpaired) electrons. The number of aliphatic hydroxyl groups is 1. The van der Waals surface area contributed by atoms with Crippen LogP contribution < -0.4 is 4.90 Å². The first kappa shape index (κ1) is 15.8. The lowest BCUT2D eigenvalue weighted by atomic mass is 9.97. The molecule has 4 rings (SSSR count). The van der Waals surface area contributed by atoms with Gasteiger partial charge in [-0.25, -0.2) is 4.79 Å². The number of aryl methyl sites for hydroxylation is 1. The minimum Gasteiger partial charge on any atom is -0.411 e. The fourth-order valence-electron chi connectivity index (χ4n) is 3.49. The van der Waals surface area contributed by atoms with Gasteiger partial charge in [0, 0.05) is 5.69 Å². The summed E-state index contributed by atoms with van der Waals surface area (Å²) in [6, 6.07) is 7.51. The van der Waals surface area contributed by atoms with Gasteiger partial charge in [0.15, 0.2) is 11.9 Å². The van der Waals surface area contributed by atoms with Crippen LogP contribution in [0.3, 0.4) is 0 Å². The fourth-order valence-corrected chi connectivity index (χ4v) is 3.49. The molecule has 1 aromatic carbocycles. The summed E-state index contributed by atoms with van der Waals surface area (Å²) in [7, 11) is 0. The van der Waals surface area contributed by atoms with E-state index >= 15 is 0 Å². The van der Waals surface area contributed by atoms with Gasteiger partial charge in [-0.15, -0.1) is 0 Å². The van der Waals surface area contributed by atoms with Gasteiger partial charge in [-0.1, -0.05) is 17.7 Å². The second-order valence-electron chi connectivity index (χ2n) is 7.00. The maximum atomic E-state index is 12.3. The number of amides is 1. The van der Waals surface area contributed by atoms with E-state index in [2.05, 4.69) is 0 Å². The summed E-state index contributed by atoms with van der Waals surface area (Å²) in [4.78, 5) is 13.8. The van der Waals surface area contributed by atoms with Gasteiger partial charge in [0.1, 0.15) is 12.2 Å². The lowest BCUT2D eigenvalue weighted by Gasteiger charge is -2.40. The van der Waals surface area contributed by atoms with Crippen molar-refractivity contribution in [3.05, 3.63) is 29.8 Å². The molecule has 0 bridgehead atoms. The molecular formula is C17H21NO6. The zero-order valence-electron chi connectivity index (χ0n) is 13.9. The van der Waals surface area contributed by atoms with Crippen molar-refractivity contribution in [2.75, 3.05) is 18.1 Å². The molecule has 3 heterocycles. The average Bonchev–Trinajstić information content (AvgIpc) is 3.02. The number of fused-ring (bicyclic) bond motifs is 1. The Morgan fingerprint density at radius 1 is 1.21 bits per heavy atom. The molecular weight excluding hydrogens is 314 g/mol. The number of nitrogens with zero attached hydrogens (tertiary/aromatic N) is 1. The van der Waals surface area contributed by atoms with Crippen LogP contribution in [0.2, 0.25) is 0 Å². The second-order valence-corrected chi connectivity index (χ2v) is 7.00. The molecule has 1 amide bonds. The number of benzene rings is 1. The zero-order chi connectivity index (χ0) is 17.1. The number of hydrogen-bond donors (Lipinski definition) is 1. The topological polar surface area (TPSA) is 77.5 Å². The van der Waals surface area contributed by atoms with Crippen LogP contribution in [0.25, 0.3) is 0 Å². The molecule has 3 saturated heterocycles. The number of anilines is 1. The Balaban J connectivity index is 1.58. The normalized spacial score (nSPS) is 37.6. The lowest BCUT2D eigenvalue weighted by molar-refractivity contribution is -0.285. The smallest absolute Gasteiger partial charge is 0.411 e. The predicted octanol–water partition coefficient (Wildman–Crippen LogP) is 1.56. The molecule has 4 atom stereocenters. The molecule has 0 aliphatic carbocycles. The maximum absolute atomic E-state index is 12.3. The van der Waals surface area contributed by atoms with E-state index in [0.29, 0.717) is 5.69 Å². The first-order chi connectivity index (χ1) is 11.3. The lowest BCUT2D eigenvalue weighted by Crippen LogP contribution is -2.61. The van der Waals surface area contributed by atoms with E-state index < -0.39 is 29.9 Å². The second kappa shape index (κ2) is 5.16. The van der Waals surface area contributed by atoms with E-state index in [1.165, 1.54) is 4.90 Å². The van der Waals surface area contributed by atoms with E-state index in [4.69, 9.17) is 18.9 Å². The Labute approximate surface area is 140 Å². The third-order valence-corrected chi connectivity index (χ3v) is 4.68. The van der Waals surface area contributed by atoms with Gasteiger partial charge in [0.05, 0.1) is 13.2 Å². The molecule has 7 heteroatoms. The number of carbonyl (C=O) groups excluding carboxylic acids is 1. The highest BCUT2D eigenvalue weighted by Gasteiger charge is 2.62. The van der Waals surface area contributed by atoms with E-state index in [0.717, 1.165) is 5.56 Å². The van der Waals surface area contributed by atoms with Crippen molar-refractivity contribution in [2.45, 2.75) is 50.7 Å². The van der Waals surface area contributed by atoms with Crippen molar-refractivity contribution in [3.8, 4) is 0 Å². The highest BCUT2D eigenvalue weighted by Crippen LogP contribution is 2.42. The van der Waals surface area contributed by atoms with Gasteiger partial charge in [0.25, 0.3) is 5.79 Å². The van der Waals surface area contributed by atoms with Crippen LogP contribution >= 0.6 is 0 Å². The number of ether oxygens (including phenoxy) is 4. The summed E-state index contributed by atoms with van der Waals surface area (Å²) in [6.45, 7) is 5.83. The third kappa shape index (κ3) is 2.39. The Kier molecular flexibility index (Phi) is 3.41. The average molecular weight is 335 g/mol. The monoisotopic (exact) mass is 335 g/mol. The molecule has 1 spiro atoms. The number of aliphatic hydroxyl groups excluding tert-OH is 1. The van der Waals surface area contributed by atoms with E-state index in [-0.39, 0.29) is 19.3 Å². The summed E-state index contributed by atoms with van der Waals surface area (Å²) in [5, 5.41) is 10.8. The van der Waals surface area contributed by atoms with Crippen LogP contribution in [-0.4, -0.2) is 54.2 Å². The molecule has 3 aliphatic heterocycles. The Morgan fingerprint density at radius 2 is 1.92 bits per heavy atom. The Morgan fingerprint density at radius 3 is 2.62 bits per heavy atom. The van der Waals surface area contributed by atoms with E-state index in [1.807, 2.05) is 31.2 Å². The number of rotatable bonds is 1. The number of hydrogen-bond acceptors (Lipinski definition) is 6. The minimum atomic E-state index is -1.44. The molecule has 3 aliphatic rings. The van der Waals surface area contributed by atoms with Crippen LogP contribution in [0, 0.1) is 6.92 Å². The van der Waals surface area contributed by atoms with Gasteiger partial charge < -0.3 is 24.1 Å². The summed E-state index contributed by atoms with van der Waals surface area (Å²) in [5.74, 6) is -2.24. The SMILES string of the molecule is Cc1ccc(N2C[C@@]3(OC[C@H]4OC(C)(C)O[C@H]4[C@@H]3O)OC2=O)cc1. The Hall–Kier alpha value is -1.67. The molecule has 130 valence electrons. The maximum Gasteiger partial charge on any atom is 0.417 e. The van der Waals surface area contributed by atoms with Crippen molar-refractivity contribution in [2.24, 2.45) is 0 Å². The third-order valence-electron chi connectivity index (χ3n) is 4.68. The van der Waals surface area contributed by atoms with Crippen LogP contribution in [0.15, 0.2) is 24.3 Å². The molecule has 1 aromatic rings. The molecule has 0 aromatic heterocycles. The van der Waals surface area contributed by atoms with Crippen LogP contribution in [0.1, 0.15) is 19.4 Å². The predicted molar refractivity (Wildman–Crippen MR) is 83.5 cm³/mol. The van der Waals surface area contributed by atoms with Gasteiger partial charge in [-0.2, -0.15) is 0 Å². The first-order valence-corrected chi connectivity index (χ1v) is 8.04. The molecule has 1 N–H and O–H groups in total. The van der Waals surface area contributed by atoms with Crippen molar-refractivity contribution in [1.82, 2.24) is 0 Å². The van der Waals surface area contributed by atoms with Crippen molar-refractivity contribution in [1.29, 1.82) is 0 Å². The number of carbonyl (C=O) groups is 1. The van der Waals surface area contributed by atoms with Crippen molar-refractivity contribution < 1.29 is 28.8 Å². The van der Waals surface area contributed by atoms with Crippen LogP contribution in [-0.2, 0) is 18.9 Å². The standard InChI is InChI=1S/C17H21NO6/c1-10-4-6-11(7-5-10)18-9-17(24-15(18)20)14(19)13-12(8-21-17)22-16(2,3)23-13/h4-7,12-14,19H,8-9H2,1-3H3/t12-,13-,14+,17-/m1/s1. The van der Waals surface area contributed by atoms with Gasteiger partial charge in [0.2, 0.25) is 0 Å². The summed E-state index contributed by atoms with van der Waals surface area (Å²) >= 11 is 0. The molecule has 7 nitrogen and oxygen atoms in total. The molecule has 24 heavy (non-hydrogen) atoms. The summed E-state index contributed by atoms with van der Waals surface area (Å²) in [6.07, 6.45) is -2.65. The van der Waals surface area contributed by atoms with Gasteiger partial charge in [-0.3, -0.25) is 4.90 Å². The van der Waals surface area contributed by atoms with Crippen LogP contribution in [0.4, 0.5) is 10.5 Å². The van der Waals surface area contributed by atoms with Gasteiger partial charge in [-0.05, 0) is 32.9 Å². The molecule has 3 fully saturated rings. The highest BCUT2D eigenvalue weighted by atomic mass is 16.8. The molecule has 0 saturated carbocycles. The minimum absolute atomic E-state index is 0.100. The highest BCUT2D eigenvalue weighted by molar-refractivity contribution is 5.90. The van der Waals surface area contributed by atoms with Crippen LogP contribution in [0.5, 0.6) is 0 Å². The van der Waals surface area contributed by atoms with Gasteiger partial charge >= 0.3 is 6.09 Å². The van der Waals surface area contributed by atoms with E-state index in [9.17, 15) is 9.90 Å². The summed E-state index contributed by atoms with van der Waals surface area (Å²) in [5.41, 5.74) is 1.79. The van der Waals surface area contributed by atoms with Crippen molar-refractivity contribution >= 4 is 11.8 Å². The first-order valence-electron chi connectivity index (χ1n) is 8.04. The van der Waals surface area contributed by atoms with E-state index in [1.54, 1.807) is 13.8 Å². The zero-order valence-corrected chi connectivity index (χ0v) is 13.9. The fraction of sp³-hybridized carbons (Fsp3) is 0.588. The largest absolute Gasteiger partial charge is 0.417 e. The quantitative estimate of drug-likeness (QED) is 0.839. The molecule has 0 unspecified atom stereocenters. The Bertz CT molecular complexity index is 660.